The number of ketones is 1. The third-order valence-corrected chi connectivity index (χ3v) is 6.31. The van der Waals surface area contributed by atoms with E-state index < -0.39 is 43.7 Å². The highest BCUT2D eigenvalue weighted by atomic mass is 35.5. The van der Waals surface area contributed by atoms with Gasteiger partial charge in [-0.1, -0.05) is 18.5 Å². The first-order chi connectivity index (χ1) is 15.7. The average molecular weight is 500 g/mol. The number of carbonyl (C=O) groups is 1. The molecule has 0 aliphatic heterocycles. The zero-order chi connectivity index (χ0) is 24.2. The summed E-state index contributed by atoms with van der Waals surface area (Å²) in [5.41, 5.74) is -0.580. The highest BCUT2D eigenvalue weighted by Gasteiger charge is 2.26. The quantitative estimate of drug-likeness (QED) is 0.255. The number of ether oxygens (including phenoxy) is 2. The van der Waals surface area contributed by atoms with Crippen LogP contribution < -0.4 is 9.46 Å². The summed E-state index contributed by atoms with van der Waals surface area (Å²) in [6.45, 7) is 2.20. The molecule has 1 aromatic heterocycles. The number of fused-ring (bicyclic) bond motifs is 1. The molecule has 0 saturated heterocycles. The van der Waals surface area contributed by atoms with E-state index in [0.717, 1.165) is 0 Å². The van der Waals surface area contributed by atoms with E-state index in [1.165, 1.54) is 31.5 Å². The van der Waals surface area contributed by atoms with Gasteiger partial charge in [-0.3, -0.25) is 9.52 Å². The summed E-state index contributed by atoms with van der Waals surface area (Å²) in [7, 11) is -2.35. The molecule has 2 aromatic carbocycles. The van der Waals surface area contributed by atoms with Gasteiger partial charge < -0.3 is 9.47 Å². The zero-order valence-corrected chi connectivity index (χ0v) is 19.3. The molecule has 0 fully saturated rings. The Balaban J connectivity index is 2.01. The molecule has 0 saturated carbocycles. The monoisotopic (exact) mass is 499 g/mol. The molecule has 0 bridgehead atoms. The standard InChI is InChI=1S/C21H20ClF2N3O5S/c1-3-8-33(29,30)27-16-10-13(23)20(24)18(19(16)22)21(28)12-4-5-14-15(9-12)26-17(11-25-14)32-7-6-31-2/h4-5,9-11,27H,3,6-8H2,1-2H3. The summed E-state index contributed by atoms with van der Waals surface area (Å²) in [5, 5.41) is -0.554. The molecule has 1 N–H and O–H groups in total. The van der Waals surface area contributed by atoms with Crippen LogP contribution in [0, 0.1) is 11.6 Å². The van der Waals surface area contributed by atoms with Gasteiger partial charge in [0.05, 0.1) is 45.9 Å². The Kier molecular flexibility index (Phi) is 7.77. The van der Waals surface area contributed by atoms with Crippen molar-refractivity contribution in [1.82, 2.24) is 9.97 Å². The second-order valence-electron chi connectivity index (χ2n) is 6.91. The van der Waals surface area contributed by atoms with Crippen molar-refractivity contribution in [2.75, 3.05) is 30.8 Å². The van der Waals surface area contributed by atoms with Gasteiger partial charge >= 0.3 is 0 Å². The fourth-order valence-corrected chi connectivity index (χ4v) is 4.41. The number of benzene rings is 2. The van der Waals surface area contributed by atoms with Gasteiger partial charge in [-0.15, -0.1) is 0 Å². The van der Waals surface area contributed by atoms with Crippen molar-refractivity contribution in [3.8, 4) is 5.88 Å². The summed E-state index contributed by atoms with van der Waals surface area (Å²) >= 11 is 6.14. The Morgan fingerprint density at radius 3 is 2.64 bits per heavy atom. The Morgan fingerprint density at radius 2 is 1.94 bits per heavy atom. The number of hydrogen-bond acceptors (Lipinski definition) is 7. The predicted octanol–water partition coefficient (Wildman–Crippen LogP) is 3.97. The molecule has 12 heteroatoms. The number of nitrogens with zero attached hydrogens (tertiary/aromatic N) is 2. The van der Waals surface area contributed by atoms with Gasteiger partial charge in [0.1, 0.15) is 6.61 Å². The number of aromatic nitrogens is 2. The van der Waals surface area contributed by atoms with Crippen LogP contribution in [0.5, 0.6) is 5.88 Å². The maximum Gasteiger partial charge on any atom is 0.232 e. The van der Waals surface area contributed by atoms with Crippen molar-refractivity contribution < 1.29 is 31.5 Å². The topological polar surface area (TPSA) is 107 Å². The normalized spacial score (nSPS) is 11.5. The number of methoxy groups -OCH3 is 1. The Bertz CT molecular complexity index is 1300. The SMILES string of the molecule is CCCS(=O)(=O)Nc1cc(F)c(F)c(C(=O)c2ccc3ncc(OCCOC)nc3c2)c1Cl. The second-order valence-corrected chi connectivity index (χ2v) is 9.13. The maximum atomic E-state index is 14.6. The van der Waals surface area contributed by atoms with E-state index >= 15 is 0 Å². The summed E-state index contributed by atoms with van der Waals surface area (Å²) in [6.07, 6.45) is 1.69. The summed E-state index contributed by atoms with van der Waals surface area (Å²) in [6, 6.07) is 4.75. The molecule has 0 aliphatic rings. The van der Waals surface area contributed by atoms with E-state index in [2.05, 4.69) is 14.7 Å². The van der Waals surface area contributed by atoms with E-state index in [1.807, 2.05) is 0 Å². The van der Waals surface area contributed by atoms with Crippen LogP contribution in [0.25, 0.3) is 11.0 Å². The third kappa shape index (κ3) is 5.73. The van der Waals surface area contributed by atoms with E-state index in [9.17, 15) is 22.0 Å². The fraction of sp³-hybridized carbons (Fsp3) is 0.286. The molecule has 0 spiro atoms. The lowest BCUT2D eigenvalue weighted by Gasteiger charge is -2.13. The maximum absolute atomic E-state index is 14.6. The van der Waals surface area contributed by atoms with Crippen LogP contribution in [0.1, 0.15) is 29.3 Å². The number of halogens is 3. The van der Waals surface area contributed by atoms with Gasteiger partial charge in [0.15, 0.2) is 17.4 Å². The lowest BCUT2D eigenvalue weighted by Crippen LogP contribution is -2.18. The first-order valence-corrected chi connectivity index (χ1v) is 11.8. The van der Waals surface area contributed by atoms with Crippen molar-refractivity contribution in [2.24, 2.45) is 0 Å². The molecule has 8 nitrogen and oxygen atoms in total. The highest BCUT2D eigenvalue weighted by molar-refractivity contribution is 7.92. The minimum absolute atomic E-state index is 0.0559. The van der Waals surface area contributed by atoms with Gasteiger partial charge in [0.25, 0.3) is 0 Å². The predicted molar refractivity (Wildman–Crippen MR) is 119 cm³/mol. The van der Waals surface area contributed by atoms with Crippen LogP contribution >= 0.6 is 11.6 Å². The van der Waals surface area contributed by atoms with Crippen LogP contribution in [0.2, 0.25) is 5.02 Å². The number of anilines is 1. The molecule has 3 rings (SSSR count). The molecule has 0 aliphatic carbocycles. The van der Waals surface area contributed by atoms with Gasteiger partial charge in [0, 0.05) is 18.7 Å². The zero-order valence-electron chi connectivity index (χ0n) is 17.7. The van der Waals surface area contributed by atoms with Crippen LogP contribution in [0.15, 0.2) is 30.5 Å². The third-order valence-electron chi connectivity index (χ3n) is 4.44. The first-order valence-electron chi connectivity index (χ1n) is 9.78. The molecular formula is C21H20ClF2N3O5S. The van der Waals surface area contributed by atoms with Crippen molar-refractivity contribution in [3.63, 3.8) is 0 Å². The van der Waals surface area contributed by atoms with E-state index in [4.69, 9.17) is 21.1 Å². The average Bonchev–Trinajstić information content (AvgIpc) is 2.77. The number of rotatable bonds is 10. The van der Waals surface area contributed by atoms with Crippen molar-refractivity contribution in [3.05, 3.63) is 58.2 Å². The molecule has 0 radical (unpaired) electrons. The van der Waals surface area contributed by atoms with Crippen molar-refractivity contribution in [1.29, 1.82) is 0 Å². The minimum atomic E-state index is -3.86. The highest BCUT2D eigenvalue weighted by Crippen LogP contribution is 2.33. The van der Waals surface area contributed by atoms with E-state index in [0.29, 0.717) is 18.2 Å². The lowest BCUT2D eigenvalue weighted by molar-refractivity contribution is 0.103. The van der Waals surface area contributed by atoms with Crippen LogP contribution in [-0.4, -0.2) is 50.2 Å². The molecular weight excluding hydrogens is 480 g/mol. The van der Waals surface area contributed by atoms with Gasteiger partial charge in [-0.25, -0.2) is 27.2 Å². The number of nitrogens with one attached hydrogen (secondary N) is 1. The van der Waals surface area contributed by atoms with Crippen LogP contribution in [-0.2, 0) is 14.8 Å². The minimum Gasteiger partial charge on any atom is -0.474 e. The summed E-state index contributed by atoms with van der Waals surface area (Å²) in [5.74, 6) is -3.95. The van der Waals surface area contributed by atoms with E-state index in [-0.39, 0.29) is 35.7 Å². The Labute approximate surface area is 193 Å². The molecule has 0 amide bonds. The second kappa shape index (κ2) is 10.4. The Morgan fingerprint density at radius 1 is 1.18 bits per heavy atom. The number of carbonyl (C=O) groups excluding carboxylic acids is 1. The molecule has 3 aromatic rings. The molecule has 0 unspecified atom stereocenters. The molecule has 0 atom stereocenters. The van der Waals surface area contributed by atoms with Gasteiger partial charge in [-0.2, -0.15) is 0 Å². The molecule has 1 heterocycles. The summed E-state index contributed by atoms with van der Waals surface area (Å²) < 4.78 is 65.4. The van der Waals surface area contributed by atoms with Crippen LogP contribution in [0.3, 0.4) is 0 Å². The van der Waals surface area contributed by atoms with E-state index in [1.54, 1.807) is 6.92 Å². The number of hydrogen-bond donors (Lipinski definition) is 1. The fourth-order valence-electron chi connectivity index (χ4n) is 2.94. The summed E-state index contributed by atoms with van der Waals surface area (Å²) in [4.78, 5) is 21.5. The van der Waals surface area contributed by atoms with Crippen molar-refractivity contribution >= 4 is 44.1 Å². The van der Waals surface area contributed by atoms with Crippen LogP contribution in [0.4, 0.5) is 14.5 Å². The number of sulfonamides is 1. The van der Waals surface area contributed by atoms with Gasteiger partial charge in [0.2, 0.25) is 15.9 Å². The van der Waals surface area contributed by atoms with Crippen molar-refractivity contribution in [2.45, 2.75) is 13.3 Å². The first kappa shape index (κ1) is 24.7. The Hall–Kier alpha value is -2.89. The van der Waals surface area contributed by atoms with Gasteiger partial charge in [-0.05, 0) is 24.6 Å². The molecule has 176 valence electrons. The lowest BCUT2D eigenvalue weighted by atomic mass is 10.0. The smallest absolute Gasteiger partial charge is 0.232 e. The largest absolute Gasteiger partial charge is 0.474 e. The molecule has 33 heavy (non-hydrogen) atoms.